The van der Waals surface area contributed by atoms with Crippen LogP contribution in [-0.4, -0.2) is 31.1 Å². The number of aromatic nitrogens is 1. The van der Waals surface area contributed by atoms with Crippen LogP contribution < -0.4 is 10.6 Å². The van der Waals surface area contributed by atoms with Gasteiger partial charge in [0.1, 0.15) is 5.82 Å². The predicted molar refractivity (Wildman–Crippen MR) is 113 cm³/mol. The highest BCUT2D eigenvalue weighted by Gasteiger charge is 2.44. The lowest BCUT2D eigenvalue weighted by atomic mass is 9.96. The average Bonchev–Trinajstić information content (AvgIpc) is 3.26. The second kappa shape index (κ2) is 9.38. The van der Waals surface area contributed by atoms with Crippen molar-refractivity contribution in [3.63, 3.8) is 0 Å². The lowest BCUT2D eigenvalue weighted by molar-refractivity contribution is -0.140. The number of nitrogens with one attached hydrogen (secondary N) is 2. The van der Waals surface area contributed by atoms with E-state index >= 15 is 0 Å². The van der Waals surface area contributed by atoms with E-state index in [4.69, 9.17) is 0 Å². The molecule has 1 aromatic heterocycles. The Labute approximate surface area is 181 Å². The number of hydrogen-bond acceptors (Lipinski definition) is 3. The van der Waals surface area contributed by atoms with Crippen molar-refractivity contribution in [3.8, 4) is 0 Å². The van der Waals surface area contributed by atoms with Crippen LogP contribution in [0.3, 0.4) is 0 Å². The van der Waals surface area contributed by atoms with Crippen LogP contribution in [0.1, 0.15) is 29.1 Å². The van der Waals surface area contributed by atoms with Gasteiger partial charge in [0.15, 0.2) is 11.7 Å². The summed E-state index contributed by atoms with van der Waals surface area (Å²) in [6.07, 6.45) is -2.09. The van der Waals surface area contributed by atoms with Crippen LogP contribution in [0.15, 0.2) is 34.6 Å². The highest BCUT2D eigenvalue weighted by molar-refractivity contribution is 14.0. The average molecular weight is 528 g/mol. The smallest absolute Gasteiger partial charge is 0.356 e. The summed E-state index contributed by atoms with van der Waals surface area (Å²) in [6.45, 7) is 1.03. The maximum absolute atomic E-state index is 13.5. The van der Waals surface area contributed by atoms with E-state index in [0.29, 0.717) is 30.5 Å². The van der Waals surface area contributed by atoms with Crippen molar-refractivity contribution < 1.29 is 17.6 Å². The Hall–Kier alpha value is -1.43. The van der Waals surface area contributed by atoms with Crippen molar-refractivity contribution in [1.29, 1.82) is 0 Å². The van der Waals surface area contributed by atoms with Gasteiger partial charge in [-0.3, -0.25) is 4.99 Å². The van der Waals surface area contributed by atoms with Gasteiger partial charge >= 0.3 is 6.18 Å². The van der Waals surface area contributed by atoms with Crippen LogP contribution in [0.4, 0.5) is 17.6 Å². The number of hydrogen-bond donors (Lipinski definition) is 2. The summed E-state index contributed by atoms with van der Waals surface area (Å²) in [4.78, 5) is 7.73. The fourth-order valence-electron chi connectivity index (χ4n) is 2.85. The third-order valence-electron chi connectivity index (χ3n) is 4.58. The van der Waals surface area contributed by atoms with Gasteiger partial charge in [0.2, 0.25) is 0 Å². The Morgan fingerprint density at radius 1 is 1.29 bits per heavy atom. The maximum atomic E-state index is 13.5. The summed E-state index contributed by atoms with van der Waals surface area (Å²) in [5.74, 6) is 0.313. The van der Waals surface area contributed by atoms with Gasteiger partial charge in [-0.2, -0.15) is 13.2 Å². The first-order chi connectivity index (χ1) is 12.8. The van der Waals surface area contributed by atoms with Gasteiger partial charge in [-0.15, -0.1) is 35.3 Å². The first-order valence-electron chi connectivity index (χ1n) is 8.55. The number of benzene rings is 1. The number of guanidine groups is 1. The molecule has 10 heteroatoms. The third-order valence-corrected chi connectivity index (χ3v) is 5.49. The minimum Gasteiger partial charge on any atom is -0.356 e. The standard InChI is InChI=1S/C18H20F4N4S.HI/c1-23-16(24-8-5-15-26-14(10-27-15)18(20,21)22)25-11-17(6-7-17)12-3-2-4-13(19)9-12;/h2-4,9-10H,5-8,11H2,1H3,(H2,23,24,25);1H. The van der Waals surface area contributed by atoms with Crippen LogP contribution in [0.25, 0.3) is 0 Å². The largest absolute Gasteiger partial charge is 0.434 e. The van der Waals surface area contributed by atoms with Crippen molar-refractivity contribution in [3.05, 3.63) is 51.7 Å². The number of nitrogens with zero attached hydrogens (tertiary/aromatic N) is 2. The van der Waals surface area contributed by atoms with E-state index in [1.54, 1.807) is 19.2 Å². The monoisotopic (exact) mass is 528 g/mol. The molecule has 1 saturated carbocycles. The molecule has 1 aliphatic carbocycles. The van der Waals surface area contributed by atoms with Gasteiger partial charge in [0.25, 0.3) is 0 Å². The molecule has 0 amide bonds. The lowest BCUT2D eigenvalue weighted by Crippen LogP contribution is -2.42. The van der Waals surface area contributed by atoms with Gasteiger partial charge in [0.05, 0.1) is 5.01 Å². The second-order valence-electron chi connectivity index (χ2n) is 6.52. The molecule has 0 bridgehead atoms. The molecule has 28 heavy (non-hydrogen) atoms. The van der Waals surface area contributed by atoms with Crippen molar-refractivity contribution in [2.45, 2.75) is 30.9 Å². The molecule has 1 aromatic carbocycles. The van der Waals surface area contributed by atoms with Crippen molar-refractivity contribution in [2.75, 3.05) is 20.1 Å². The van der Waals surface area contributed by atoms with E-state index in [0.717, 1.165) is 35.1 Å². The quantitative estimate of drug-likeness (QED) is 0.254. The number of halogens is 5. The number of rotatable bonds is 6. The molecule has 1 fully saturated rings. The molecule has 0 saturated heterocycles. The molecule has 0 radical (unpaired) electrons. The SMILES string of the molecule is CN=C(NCCc1nc(C(F)(F)F)cs1)NCC1(c2cccc(F)c2)CC1.I. The molecule has 1 aliphatic rings. The molecule has 3 rings (SSSR count). The molecule has 1 heterocycles. The molecular formula is C18H21F4IN4S. The Kier molecular flexibility index (Phi) is 7.66. The molecule has 0 aliphatic heterocycles. The number of aliphatic imine (C=N–C) groups is 1. The normalized spacial score (nSPS) is 15.7. The van der Waals surface area contributed by atoms with Gasteiger partial charge < -0.3 is 10.6 Å². The fourth-order valence-corrected chi connectivity index (χ4v) is 3.66. The minimum atomic E-state index is -4.41. The molecule has 4 nitrogen and oxygen atoms in total. The summed E-state index contributed by atoms with van der Waals surface area (Å²) in [5, 5.41) is 7.75. The van der Waals surface area contributed by atoms with E-state index in [9.17, 15) is 17.6 Å². The number of thiazole rings is 1. The van der Waals surface area contributed by atoms with Gasteiger partial charge in [-0.05, 0) is 30.5 Å². The Balaban J connectivity index is 0.00000280. The van der Waals surface area contributed by atoms with Crippen LogP contribution in [-0.2, 0) is 18.0 Å². The van der Waals surface area contributed by atoms with Gasteiger partial charge in [-0.25, -0.2) is 9.37 Å². The van der Waals surface area contributed by atoms with E-state index in [1.807, 2.05) is 6.07 Å². The fraction of sp³-hybridized carbons (Fsp3) is 0.444. The lowest BCUT2D eigenvalue weighted by Gasteiger charge is -2.19. The first kappa shape index (κ1) is 22.9. The molecular weight excluding hydrogens is 507 g/mol. The van der Waals surface area contributed by atoms with Crippen LogP contribution in [0.5, 0.6) is 0 Å². The van der Waals surface area contributed by atoms with E-state index in [2.05, 4.69) is 20.6 Å². The van der Waals surface area contributed by atoms with Crippen LogP contribution in [0, 0.1) is 5.82 Å². The van der Waals surface area contributed by atoms with Gasteiger partial charge in [-0.1, -0.05) is 12.1 Å². The number of alkyl halides is 3. The maximum Gasteiger partial charge on any atom is 0.434 e. The zero-order valence-corrected chi connectivity index (χ0v) is 18.3. The van der Waals surface area contributed by atoms with Crippen LogP contribution >= 0.6 is 35.3 Å². The summed E-state index contributed by atoms with van der Waals surface area (Å²) in [7, 11) is 1.63. The summed E-state index contributed by atoms with van der Waals surface area (Å²) >= 11 is 0.995. The first-order valence-corrected chi connectivity index (χ1v) is 9.42. The van der Waals surface area contributed by atoms with Crippen LogP contribution in [0.2, 0.25) is 0 Å². The van der Waals surface area contributed by atoms with E-state index in [1.165, 1.54) is 6.07 Å². The third kappa shape index (κ3) is 5.79. The summed E-state index contributed by atoms with van der Waals surface area (Å²) in [6, 6.07) is 6.62. The molecule has 2 aromatic rings. The predicted octanol–water partition coefficient (Wildman–Crippen LogP) is 4.36. The van der Waals surface area contributed by atoms with Crippen molar-refractivity contribution in [1.82, 2.24) is 15.6 Å². The minimum absolute atomic E-state index is 0. The Morgan fingerprint density at radius 3 is 2.61 bits per heavy atom. The zero-order valence-electron chi connectivity index (χ0n) is 15.1. The Bertz CT molecular complexity index is 818. The van der Waals surface area contributed by atoms with Gasteiger partial charge in [0, 0.05) is 37.4 Å². The summed E-state index contributed by atoms with van der Waals surface area (Å²) < 4.78 is 51.2. The highest BCUT2D eigenvalue weighted by Crippen LogP contribution is 2.47. The highest BCUT2D eigenvalue weighted by atomic mass is 127. The topological polar surface area (TPSA) is 49.3 Å². The van der Waals surface area contributed by atoms with E-state index < -0.39 is 11.9 Å². The Morgan fingerprint density at radius 2 is 2.04 bits per heavy atom. The molecule has 0 atom stereocenters. The van der Waals surface area contributed by atoms with Crippen molar-refractivity contribution >= 4 is 41.3 Å². The second-order valence-corrected chi connectivity index (χ2v) is 7.46. The summed E-state index contributed by atoms with van der Waals surface area (Å²) in [5.41, 5.74) is 0.0279. The molecule has 0 spiro atoms. The molecule has 0 unspecified atom stereocenters. The zero-order chi connectivity index (χ0) is 19.5. The molecule has 2 N–H and O–H groups in total. The van der Waals surface area contributed by atoms with E-state index in [-0.39, 0.29) is 35.2 Å². The van der Waals surface area contributed by atoms with Crippen molar-refractivity contribution in [2.24, 2.45) is 4.99 Å². The molecule has 154 valence electrons.